The summed E-state index contributed by atoms with van der Waals surface area (Å²) in [6, 6.07) is 14.6. The molecule has 1 saturated heterocycles. The quantitative estimate of drug-likeness (QED) is 0.519. The normalized spacial score (nSPS) is 22.7. The van der Waals surface area contributed by atoms with E-state index in [1.54, 1.807) is 31.4 Å². The van der Waals surface area contributed by atoms with Crippen LogP contribution >= 0.6 is 0 Å². The topological polar surface area (TPSA) is 100 Å². The Morgan fingerprint density at radius 3 is 2.49 bits per heavy atom. The third-order valence-electron chi connectivity index (χ3n) is 7.72. The van der Waals surface area contributed by atoms with Crippen LogP contribution in [0, 0.1) is 0 Å². The molecule has 0 spiro atoms. The lowest BCUT2D eigenvalue weighted by Crippen LogP contribution is -2.36. The van der Waals surface area contributed by atoms with E-state index < -0.39 is 17.9 Å². The number of allylic oxidation sites excluding steroid dienone is 3. The van der Waals surface area contributed by atoms with Gasteiger partial charge in [-0.1, -0.05) is 30.3 Å². The van der Waals surface area contributed by atoms with Crippen LogP contribution in [0.2, 0.25) is 0 Å². The Labute approximate surface area is 228 Å². The molecule has 0 aromatic heterocycles. The van der Waals surface area contributed by atoms with Crippen molar-refractivity contribution in [2.45, 2.75) is 50.5 Å². The summed E-state index contributed by atoms with van der Waals surface area (Å²) in [4.78, 5) is 39.4. The van der Waals surface area contributed by atoms with E-state index in [1.807, 2.05) is 31.2 Å². The second-order valence-electron chi connectivity index (χ2n) is 10.1. The van der Waals surface area contributed by atoms with Crippen LogP contribution in [0.1, 0.15) is 65.9 Å². The number of carbonyl (C=O) groups excluding carboxylic acids is 3. The first-order valence-electron chi connectivity index (χ1n) is 13.2. The molecule has 2 aromatic carbocycles. The number of ether oxygens (including phenoxy) is 4. The van der Waals surface area contributed by atoms with Gasteiger partial charge in [-0.25, -0.2) is 9.59 Å². The van der Waals surface area contributed by atoms with E-state index >= 15 is 0 Å². The van der Waals surface area contributed by atoms with E-state index in [4.69, 9.17) is 18.9 Å². The molecule has 0 radical (unpaired) electrons. The van der Waals surface area contributed by atoms with E-state index in [0.717, 1.165) is 35.4 Å². The molecule has 3 atom stereocenters. The van der Waals surface area contributed by atoms with Crippen molar-refractivity contribution in [1.29, 1.82) is 0 Å². The van der Waals surface area contributed by atoms with Crippen molar-refractivity contribution in [3.8, 4) is 5.75 Å². The Morgan fingerprint density at radius 2 is 1.79 bits per heavy atom. The van der Waals surface area contributed by atoms with E-state index in [2.05, 4.69) is 5.32 Å². The molecule has 2 aromatic rings. The summed E-state index contributed by atoms with van der Waals surface area (Å²) in [5.74, 6) is -0.930. The fourth-order valence-electron chi connectivity index (χ4n) is 5.82. The van der Waals surface area contributed by atoms with Gasteiger partial charge in [0.25, 0.3) is 0 Å². The number of carbonyl (C=O) groups is 3. The van der Waals surface area contributed by atoms with Crippen molar-refractivity contribution in [3.63, 3.8) is 0 Å². The largest absolute Gasteiger partial charge is 0.496 e. The number of dihydropyridines is 1. The predicted octanol–water partition coefficient (Wildman–Crippen LogP) is 4.57. The van der Waals surface area contributed by atoms with Crippen molar-refractivity contribution >= 4 is 17.7 Å². The number of rotatable bonds is 7. The highest BCUT2D eigenvalue weighted by Gasteiger charge is 2.42. The lowest BCUT2D eigenvalue weighted by Gasteiger charge is -2.37. The zero-order valence-electron chi connectivity index (χ0n) is 22.5. The maximum Gasteiger partial charge on any atom is 0.337 e. The lowest BCUT2D eigenvalue weighted by molar-refractivity contribution is -0.142. The second kappa shape index (κ2) is 11.5. The van der Waals surface area contributed by atoms with Crippen LogP contribution in [0.4, 0.5) is 0 Å². The fourth-order valence-corrected chi connectivity index (χ4v) is 5.82. The summed E-state index contributed by atoms with van der Waals surface area (Å²) in [6.45, 7) is 2.66. The number of esters is 2. The molecule has 3 aliphatic rings. The number of benzene rings is 2. The van der Waals surface area contributed by atoms with Crippen molar-refractivity contribution in [1.82, 2.24) is 5.32 Å². The molecule has 39 heavy (non-hydrogen) atoms. The summed E-state index contributed by atoms with van der Waals surface area (Å²) in [7, 11) is 2.95. The van der Waals surface area contributed by atoms with Gasteiger partial charge in [0.1, 0.15) is 12.4 Å². The van der Waals surface area contributed by atoms with Crippen LogP contribution in [0.3, 0.4) is 0 Å². The molecule has 0 bridgehead atoms. The van der Waals surface area contributed by atoms with Crippen LogP contribution in [0.25, 0.3) is 0 Å². The molecule has 0 saturated carbocycles. The van der Waals surface area contributed by atoms with E-state index in [1.165, 1.54) is 7.11 Å². The highest BCUT2D eigenvalue weighted by molar-refractivity contribution is 6.04. The number of methoxy groups -OCH3 is 2. The maximum absolute atomic E-state index is 13.9. The number of para-hydroxylation sites is 1. The monoisotopic (exact) mass is 531 g/mol. The Hall–Kier alpha value is -3.91. The Balaban J connectivity index is 1.52. The summed E-state index contributed by atoms with van der Waals surface area (Å²) in [6.07, 6.45) is 2.55. The minimum absolute atomic E-state index is 0.0429. The number of nitrogens with one attached hydrogen (secondary N) is 1. The average Bonchev–Trinajstić information content (AvgIpc) is 3.48. The van der Waals surface area contributed by atoms with E-state index in [-0.39, 0.29) is 30.8 Å². The lowest BCUT2D eigenvalue weighted by atomic mass is 9.71. The molecular formula is C31H33NO7. The molecule has 2 heterocycles. The molecule has 8 nitrogen and oxygen atoms in total. The summed E-state index contributed by atoms with van der Waals surface area (Å²) in [5.41, 5.74) is 4.47. The molecule has 1 fully saturated rings. The minimum Gasteiger partial charge on any atom is -0.496 e. The summed E-state index contributed by atoms with van der Waals surface area (Å²) >= 11 is 0. The number of hydrogen-bond donors (Lipinski definition) is 1. The van der Waals surface area contributed by atoms with Gasteiger partial charge < -0.3 is 24.3 Å². The van der Waals surface area contributed by atoms with Crippen LogP contribution in [-0.2, 0) is 23.8 Å². The second-order valence-corrected chi connectivity index (χ2v) is 10.1. The first kappa shape index (κ1) is 26.7. The summed E-state index contributed by atoms with van der Waals surface area (Å²) in [5, 5.41) is 3.37. The van der Waals surface area contributed by atoms with Crippen LogP contribution in [0.5, 0.6) is 5.75 Å². The van der Waals surface area contributed by atoms with Crippen molar-refractivity contribution < 1.29 is 33.3 Å². The zero-order chi connectivity index (χ0) is 27.5. The third-order valence-corrected chi connectivity index (χ3v) is 7.72. The molecule has 1 N–H and O–H groups in total. The summed E-state index contributed by atoms with van der Waals surface area (Å²) < 4.78 is 21.7. The standard InChI is InChI=1S/C31H33NO7/c1-18-27(31(35)39-17-22-7-6-14-38-22)28(19-10-12-20(13-11-19)30(34)37-3)29-24(32-18)15-21(16-25(29)33)23-8-4-5-9-26(23)36-2/h4-5,8-13,21-22,28,32H,6-7,14-17H2,1-3H3/t21-,22-,28-/m1/s1. The highest BCUT2D eigenvalue weighted by Crippen LogP contribution is 2.47. The molecule has 8 heteroatoms. The number of Topliss-reactive ketones (excluding diaryl/α,β-unsaturated/α-hetero) is 1. The van der Waals surface area contributed by atoms with Gasteiger partial charge in [0.05, 0.1) is 31.5 Å². The van der Waals surface area contributed by atoms with Crippen molar-refractivity contribution in [2.24, 2.45) is 0 Å². The molecule has 0 amide bonds. The molecule has 204 valence electrons. The van der Waals surface area contributed by atoms with Gasteiger partial charge in [0, 0.05) is 41.8 Å². The fraction of sp³-hybridized carbons (Fsp3) is 0.387. The molecule has 1 aliphatic carbocycles. The number of hydrogen-bond acceptors (Lipinski definition) is 8. The van der Waals surface area contributed by atoms with Crippen molar-refractivity contribution in [3.05, 3.63) is 87.8 Å². The smallest absolute Gasteiger partial charge is 0.337 e. The average molecular weight is 532 g/mol. The predicted molar refractivity (Wildman–Crippen MR) is 143 cm³/mol. The van der Waals surface area contributed by atoms with Gasteiger partial charge in [0.15, 0.2) is 5.78 Å². The maximum atomic E-state index is 13.9. The highest BCUT2D eigenvalue weighted by atomic mass is 16.6. The van der Waals surface area contributed by atoms with Crippen LogP contribution in [-0.4, -0.2) is 51.3 Å². The van der Waals surface area contributed by atoms with Gasteiger partial charge in [-0.05, 0) is 55.5 Å². The first-order valence-corrected chi connectivity index (χ1v) is 13.2. The van der Waals surface area contributed by atoms with Gasteiger partial charge >= 0.3 is 11.9 Å². The Bertz CT molecular complexity index is 1330. The Kier molecular flexibility index (Phi) is 7.84. The third kappa shape index (κ3) is 5.34. The SMILES string of the molecule is COC(=O)c1ccc([C@@H]2C(C(=O)OC[C@H]3CCCO3)=C(C)NC3=C2C(=O)C[C@H](c2ccccc2OC)C3)cc1. The van der Waals surface area contributed by atoms with Gasteiger partial charge in [0.2, 0.25) is 0 Å². The number of ketones is 1. The van der Waals surface area contributed by atoms with Gasteiger partial charge in [-0.2, -0.15) is 0 Å². The van der Waals surface area contributed by atoms with Crippen LogP contribution < -0.4 is 10.1 Å². The van der Waals surface area contributed by atoms with E-state index in [9.17, 15) is 14.4 Å². The molecule has 0 unspecified atom stereocenters. The molecule has 5 rings (SSSR count). The van der Waals surface area contributed by atoms with E-state index in [0.29, 0.717) is 35.4 Å². The van der Waals surface area contributed by atoms with Crippen LogP contribution in [0.15, 0.2) is 71.1 Å². The van der Waals surface area contributed by atoms with Gasteiger partial charge in [-0.3, -0.25) is 4.79 Å². The molecule has 2 aliphatic heterocycles. The molecular weight excluding hydrogens is 498 g/mol. The zero-order valence-corrected chi connectivity index (χ0v) is 22.5. The Morgan fingerprint density at radius 1 is 1.03 bits per heavy atom. The minimum atomic E-state index is -0.629. The van der Waals surface area contributed by atoms with Crippen molar-refractivity contribution in [2.75, 3.05) is 27.4 Å². The first-order chi connectivity index (χ1) is 18.9. The van der Waals surface area contributed by atoms with Gasteiger partial charge in [-0.15, -0.1) is 0 Å².